The van der Waals surface area contributed by atoms with Crippen LogP contribution < -0.4 is 0 Å². The van der Waals surface area contributed by atoms with Crippen LogP contribution in [0.25, 0.3) is 0 Å². The monoisotopic (exact) mass is 840 g/mol. The first-order valence-electron chi connectivity index (χ1n) is 14.9. The first kappa shape index (κ1) is 41.4. The van der Waals surface area contributed by atoms with Crippen molar-refractivity contribution in [2.45, 2.75) is 62.7 Å². The Balaban J connectivity index is 0.000000273. The summed E-state index contributed by atoms with van der Waals surface area (Å²) >= 11 is -2.81. The molecule has 4 unspecified atom stereocenters. The molecular formula is C28H50Cl4N4O6PdSi2. The summed E-state index contributed by atoms with van der Waals surface area (Å²) in [5.41, 5.74) is 2.44. The number of halogens is 4. The number of hydrogen-bond acceptors (Lipinski definition) is 8. The topological polar surface area (TPSA) is 125 Å². The Bertz CT molecular complexity index is 1050. The van der Waals surface area contributed by atoms with Crippen LogP contribution in [0.2, 0.25) is 12.1 Å². The average molecular weight is 843 g/mol. The van der Waals surface area contributed by atoms with Gasteiger partial charge in [0.15, 0.2) is 0 Å². The van der Waals surface area contributed by atoms with Crippen molar-refractivity contribution in [2.75, 3.05) is 54.5 Å². The van der Waals surface area contributed by atoms with Gasteiger partial charge in [0.2, 0.25) is 0 Å². The molecule has 0 aliphatic carbocycles. The van der Waals surface area contributed by atoms with E-state index >= 15 is 0 Å². The third-order valence-corrected chi connectivity index (χ3v) is 12.2. The summed E-state index contributed by atoms with van der Waals surface area (Å²) in [6, 6.07) is 11.8. The molecule has 0 amide bonds. The SMILES string of the molecule is CO[Si](O)(O)CCC[N+]1(C)CCCC1c1ccccn1.CO[Si](O)(O)CCC[N+]1(C)CCCC1c1cccnc1.[Cl][Pd-2]([Cl])([Cl])[Cl]. The van der Waals surface area contributed by atoms with E-state index in [-0.39, 0.29) is 0 Å². The van der Waals surface area contributed by atoms with Crippen LogP contribution >= 0.6 is 38.1 Å². The second-order valence-corrected chi connectivity index (χ2v) is 31.0. The molecule has 2 aromatic rings. The van der Waals surface area contributed by atoms with Gasteiger partial charge in [0.1, 0.15) is 12.1 Å². The number of rotatable bonds is 12. The van der Waals surface area contributed by atoms with Crippen LogP contribution in [0.1, 0.15) is 61.9 Å². The third kappa shape index (κ3) is 15.1. The standard InChI is InChI=1S/2C14H25N2O3Si.4ClH.Pd/c1-16(10-5-11-20(17,18)19-2)9-4-7-14(16)13-6-3-8-15-12-13;1-16(11-6-12-20(17,18)19-2)10-5-8-14(16)13-7-3-4-9-15-13;;;;;/h3,6,8,12,14,17-18H,4-5,7,9-11H2,1-2H3;3-4,7,9,14,17-18H,5-6,8,10-12H2,1-2H3;4*1H;/q2*+1;;;;;+2/p-4. The van der Waals surface area contributed by atoms with Gasteiger partial charge in [0.25, 0.3) is 0 Å². The van der Waals surface area contributed by atoms with E-state index < -0.39 is 29.1 Å². The Kier molecular flexibility index (Phi) is 17.3. The molecule has 45 heavy (non-hydrogen) atoms. The summed E-state index contributed by atoms with van der Waals surface area (Å²) < 4.78 is 11.5. The van der Waals surface area contributed by atoms with E-state index in [1.807, 2.05) is 30.6 Å². The molecule has 0 spiro atoms. The van der Waals surface area contributed by atoms with Crippen molar-refractivity contribution < 1.29 is 48.5 Å². The molecule has 4 N–H and O–H groups in total. The summed E-state index contributed by atoms with van der Waals surface area (Å²) in [5, 5.41) is 0. The minimum atomic E-state index is -3.41. The first-order chi connectivity index (χ1) is 20.9. The molecule has 2 aliphatic rings. The summed E-state index contributed by atoms with van der Waals surface area (Å²) in [5.74, 6) is 0. The van der Waals surface area contributed by atoms with Gasteiger partial charge in [-0.25, -0.2) is 0 Å². The van der Waals surface area contributed by atoms with Gasteiger partial charge in [-0.1, -0.05) is 12.1 Å². The van der Waals surface area contributed by atoms with E-state index in [1.54, 1.807) is 6.20 Å². The van der Waals surface area contributed by atoms with E-state index in [0.717, 1.165) is 60.1 Å². The third-order valence-electron chi connectivity index (χ3n) is 8.89. The van der Waals surface area contributed by atoms with Gasteiger partial charge in [0.05, 0.1) is 46.0 Å². The number of quaternary nitrogens is 2. The summed E-state index contributed by atoms with van der Waals surface area (Å²) in [7, 11) is 20.3. The fraction of sp³-hybridized carbons (Fsp3) is 0.643. The van der Waals surface area contributed by atoms with Gasteiger partial charge in [0, 0.05) is 89.0 Å². The quantitative estimate of drug-likeness (QED) is 0.166. The van der Waals surface area contributed by atoms with Crippen molar-refractivity contribution in [3.05, 3.63) is 60.2 Å². The van der Waals surface area contributed by atoms with Gasteiger partial charge < -0.3 is 37.0 Å². The Morgan fingerprint density at radius 3 is 1.76 bits per heavy atom. The molecule has 0 saturated carbocycles. The summed E-state index contributed by atoms with van der Waals surface area (Å²) in [6.07, 6.45) is 11.9. The van der Waals surface area contributed by atoms with Crippen LogP contribution in [0, 0.1) is 0 Å². The number of likely N-dealkylation sites (tertiary alicyclic amines) is 2. The van der Waals surface area contributed by atoms with E-state index in [9.17, 15) is 19.2 Å². The number of nitrogens with zero attached hydrogens (tertiary/aromatic N) is 4. The van der Waals surface area contributed by atoms with Crippen LogP contribution in [0.15, 0.2) is 48.9 Å². The fourth-order valence-electron chi connectivity index (χ4n) is 6.45. The van der Waals surface area contributed by atoms with Gasteiger partial charge in [-0.15, -0.1) is 0 Å². The molecule has 2 saturated heterocycles. The van der Waals surface area contributed by atoms with E-state index in [0.29, 0.717) is 24.2 Å². The van der Waals surface area contributed by atoms with Crippen molar-refractivity contribution in [3.8, 4) is 0 Å². The molecule has 4 atom stereocenters. The van der Waals surface area contributed by atoms with Crippen molar-refractivity contribution in [3.63, 3.8) is 0 Å². The first-order valence-corrected chi connectivity index (χ1v) is 26.9. The molecule has 2 fully saturated rings. The zero-order valence-electron chi connectivity index (χ0n) is 26.5. The number of aromatic nitrogens is 2. The van der Waals surface area contributed by atoms with Gasteiger partial charge in [-0.05, 0) is 18.2 Å². The van der Waals surface area contributed by atoms with E-state index in [4.69, 9.17) is 47.0 Å². The number of hydrogen-bond donors (Lipinski definition) is 4. The normalized spacial score (nSPS) is 25.6. The van der Waals surface area contributed by atoms with Crippen LogP contribution in [-0.2, 0) is 20.3 Å². The fourth-order valence-corrected chi connectivity index (χ4v) is 8.09. The molecule has 2 aromatic heterocycles. The summed E-state index contributed by atoms with van der Waals surface area (Å²) in [4.78, 5) is 47.2. The molecule has 17 heteroatoms. The van der Waals surface area contributed by atoms with Crippen LogP contribution in [0.3, 0.4) is 0 Å². The molecule has 0 aromatic carbocycles. The van der Waals surface area contributed by atoms with Crippen LogP contribution in [-0.4, -0.2) is 110 Å². The Labute approximate surface area is 289 Å². The Hall–Kier alpha value is 0.236. The molecule has 0 bridgehead atoms. The predicted molar refractivity (Wildman–Crippen MR) is 181 cm³/mol. The van der Waals surface area contributed by atoms with Crippen molar-refractivity contribution in [1.29, 1.82) is 0 Å². The van der Waals surface area contributed by atoms with Crippen molar-refractivity contribution in [1.82, 2.24) is 9.97 Å². The van der Waals surface area contributed by atoms with Crippen molar-refractivity contribution in [2.24, 2.45) is 0 Å². The maximum atomic E-state index is 9.62. The molecule has 2 aliphatic heterocycles. The molecular weight excluding hydrogens is 793 g/mol. The molecule has 10 nitrogen and oxygen atoms in total. The molecule has 264 valence electrons. The second kappa shape index (κ2) is 18.8. The van der Waals surface area contributed by atoms with E-state index in [2.05, 4.69) is 36.2 Å². The molecule has 0 radical (unpaired) electrons. The predicted octanol–water partition coefficient (Wildman–Crippen LogP) is 5.40. The molecule has 4 rings (SSSR count). The van der Waals surface area contributed by atoms with Crippen LogP contribution in [0.5, 0.6) is 0 Å². The van der Waals surface area contributed by atoms with Gasteiger partial charge >= 0.3 is 67.2 Å². The Morgan fingerprint density at radius 1 is 0.800 bits per heavy atom. The maximum absolute atomic E-state index is 9.62. The molecule has 4 heterocycles. The minimum absolute atomic E-state index is 0.367. The van der Waals surface area contributed by atoms with Crippen molar-refractivity contribution >= 4 is 55.7 Å². The average Bonchev–Trinajstić information content (AvgIpc) is 3.55. The summed E-state index contributed by atoms with van der Waals surface area (Å²) in [6.45, 7) is 4.14. The zero-order chi connectivity index (χ0) is 33.8. The second-order valence-electron chi connectivity index (χ2n) is 12.1. The van der Waals surface area contributed by atoms with E-state index in [1.165, 1.54) is 39.0 Å². The van der Waals surface area contributed by atoms with Gasteiger partial charge in [-0.3, -0.25) is 9.97 Å². The Morgan fingerprint density at radius 2 is 1.31 bits per heavy atom. The number of pyridine rings is 2. The van der Waals surface area contributed by atoms with Gasteiger partial charge in [-0.2, -0.15) is 0 Å². The zero-order valence-corrected chi connectivity index (χ0v) is 33.1. The van der Waals surface area contributed by atoms with Crippen LogP contribution in [0.4, 0.5) is 0 Å².